The van der Waals surface area contributed by atoms with Crippen molar-refractivity contribution in [2.45, 2.75) is 24.2 Å². The third-order valence-electron chi connectivity index (χ3n) is 3.89. The van der Waals surface area contributed by atoms with Crippen LogP contribution in [-0.2, 0) is 10.0 Å². The van der Waals surface area contributed by atoms with Gasteiger partial charge in [-0.25, -0.2) is 8.42 Å². The van der Waals surface area contributed by atoms with Gasteiger partial charge < -0.3 is 4.98 Å². The first-order valence-electron chi connectivity index (χ1n) is 7.37. The Hall–Kier alpha value is -1.92. The molecule has 0 saturated carbocycles. The van der Waals surface area contributed by atoms with Crippen LogP contribution in [0.15, 0.2) is 52.2 Å². The van der Waals surface area contributed by atoms with E-state index in [1.54, 1.807) is 40.7 Å². The highest BCUT2D eigenvalue weighted by Crippen LogP contribution is 2.23. The Morgan fingerprint density at radius 3 is 2.23 bits per heavy atom. The molecule has 22 heavy (non-hydrogen) atoms. The van der Waals surface area contributed by atoms with Crippen molar-refractivity contribution in [2.24, 2.45) is 0 Å². The van der Waals surface area contributed by atoms with E-state index >= 15 is 0 Å². The van der Waals surface area contributed by atoms with Crippen molar-refractivity contribution in [1.29, 1.82) is 0 Å². The van der Waals surface area contributed by atoms with Crippen LogP contribution in [0.2, 0.25) is 0 Å². The summed E-state index contributed by atoms with van der Waals surface area (Å²) in [6.07, 6.45) is 2.93. The smallest absolute Gasteiger partial charge is 0.248 e. The van der Waals surface area contributed by atoms with E-state index in [2.05, 4.69) is 4.98 Å². The molecule has 1 aliphatic heterocycles. The third-order valence-corrected chi connectivity index (χ3v) is 5.80. The van der Waals surface area contributed by atoms with Gasteiger partial charge in [0.2, 0.25) is 15.6 Å². The van der Waals surface area contributed by atoms with Gasteiger partial charge in [0.15, 0.2) is 0 Å². The molecule has 116 valence electrons. The molecule has 6 heteroatoms. The summed E-state index contributed by atoms with van der Waals surface area (Å²) in [6.45, 7) is 1.19. The van der Waals surface area contributed by atoms with Crippen molar-refractivity contribution < 1.29 is 8.42 Å². The molecule has 3 rings (SSSR count). The minimum atomic E-state index is -3.41. The van der Waals surface area contributed by atoms with E-state index in [9.17, 15) is 13.2 Å². The number of hydrogen-bond acceptors (Lipinski definition) is 3. The van der Waals surface area contributed by atoms with Gasteiger partial charge in [0, 0.05) is 24.8 Å². The molecule has 1 aliphatic rings. The fourth-order valence-electron chi connectivity index (χ4n) is 2.68. The maximum atomic E-state index is 12.6. The van der Waals surface area contributed by atoms with Gasteiger partial charge in [-0.3, -0.25) is 4.79 Å². The summed E-state index contributed by atoms with van der Waals surface area (Å²) in [7, 11) is -3.41. The van der Waals surface area contributed by atoms with E-state index in [1.807, 2.05) is 0 Å². The van der Waals surface area contributed by atoms with Gasteiger partial charge in [-0.2, -0.15) is 4.31 Å². The number of benzene rings is 1. The number of piperidine rings is 1. The lowest BCUT2D eigenvalue weighted by molar-refractivity contribution is 0.346. The molecule has 2 heterocycles. The third kappa shape index (κ3) is 2.98. The first-order valence-corrected chi connectivity index (χ1v) is 8.81. The zero-order chi connectivity index (χ0) is 15.6. The molecule has 1 fully saturated rings. The highest BCUT2D eigenvalue weighted by molar-refractivity contribution is 7.89. The zero-order valence-electron chi connectivity index (χ0n) is 12.2. The summed E-state index contributed by atoms with van der Waals surface area (Å²) in [5.41, 5.74) is 1.28. The molecule has 1 N–H and O–H groups in total. The predicted molar refractivity (Wildman–Crippen MR) is 85.1 cm³/mol. The van der Waals surface area contributed by atoms with E-state index in [1.165, 1.54) is 6.07 Å². The molecule has 0 amide bonds. The number of sulfonamides is 1. The minimum Gasteiger partial charge on any atom is -0.322 e. The molecular weight excluding hydrogens is 300 g/mol. The Kier molecular flexibility index (Phi) is 4.13. The maximum absolute atomic E-state index is 12.6. The van der Waals surface area contributed by atoms with Crippen molar-refractivity contribution in [2.75, 3.05) is 13.1 Å². The van der Waals surface area contributed by atoms with Crippen molar-refractivity contribution >= 4 is 10.0 Å². The van der Waals surface area contributed by atoms with Crippen molar-refractivity contribution in [3.05, 3.63) is 52.8 Å². The van der Waals surface area contributed by atoms with Crippen LogP contribution in [0.1, 0.15) is 19.3 Å². The van der Waals surface area contributed by atoms with E-state index in [-0.39, 0.29) is 5.56 Å². The number of nitrogens with zero attached hydrogens (tertiary/aromatic N) is 1. The van der Waals surface area contributed by atoms with Crippen molar-refractivity contribution in [3.63, 3.8) is 0 Å². The summed E-state index contributed by atoms with van der Waals surface area (Å²) in [5.74, 6) is 0. The molecule has 0 aliphatic carbocycles. The first-order chi connectivity index (χ1) is 10.6. The van der Waals surface area contributed by atoms with Crippen LogP contribution in [0.4, 0.5) is 0 Å². The predicted octanol–water partition coefficient (Wildman–Crippen LogP) is 2.22. The number of H-pyrrole nitrogens is 1. The van der Waals surface area contributed by atoms with Crippen LogP contribution < -0.4 is 5.56 Å². The highest BCUT2D eigenvalue weighted by atomic mass is 32.2. The molecule has 1 saturated heterocycles. The minimum absolute atomic E-state index is 0.178. The van der Waals surface area contributed by atoms with E-state index in [4.69, 9.17) is 0 Å². The highest BCUT2D eigenvalue weighted by Gasteiger charge is 2.25. The summed E-state index contributed by atoms with van der Waals surface area (Å²) >= 11 is 0. The van der Waals surface area contributed by atoms with Gasteiger partial charge in [-0.15, -0.1) is 0 Å². The monoisotopic (exact) mass is 318 g/mol. The van der Waals surface area contributed by atoms with Crippen molar-refractivity contribution in [1.82, 2.24) is 9.29 Å². The Balaban J connectivity index is 1.89. The van der Waals surface area contributed by atoms with Gasteiger partial charge in [-0.1, -0.05) is 24.6 Å². The summed E-state index contributed by atoms with van der Waals surface area (Å²) in [5, 5.41) is 0. The molecule has 0 spiro atoms. The topological polar surface area (TPSA) is 70.2 Å². The van der Waals surface area contributed by atoms with E-state index in [0.717, 1.165) is 24.8 Å². The number of aromatic amines is 1. The quantitative estimate of drug-likeness (QED) is 0.943. The fourth-order valence-corrected chi connectivity index (χ4v) is 4.19. The standard InChI is InChI=1S/C16H18N2O3S/c19-16-6-4-5-15(17-16)13-7-9-14(10-8-13)22(20,21)18-11-2-1-3-12-18/h4-10H,1-3,11-12H2,(H,17,19). The number of aromatic nitrogens is 1. The van der Waals surface area contributed by atoms with Crippen LogP contribution in [0, 0.1) is 0 Å². The van der Waals surface area contributed by atoms with Crippen LogP contribution in [0.5, 0.6) is 0 Å². The Labute approximate surface area is 129 Å². The fraction of sp³-hybridized carbons (Fsp3) is 0.312. The van der Waals surface area contributed by atoms with E-state index < -0.39 is 10.0 Å². The zero-order valence-corrected chi connectivity index (χ0v) is 13.0. The molecule has 5 nitrogen and oxygen atoms in total. The molecular formula is C16H18N2O3S. The molecule has 1 aromatic heterocycles. The van der Waals surface area contributed by atoms with E-state index in [0.29, 0.717) is 23.7 Å². The van der Waals surface area contributed by atoms with Crippen LogP contribution in [-0.4, -0.2) is 30.8 Å². The van der Waals surface area contributed by atoms with Gasteiger partial charge >= 0.3 is 0 Å². The summed E-state index contributed by atoms with van der Waals surface area (Å²) in [4.78, 5) is 14.4. The lowest BCUT2D eigenvalue weighted by atomic mass is 10.1. The van der Waals surface area contributed by atoms with Crippen LogP contribution in [0.25, 0.3) is 11.3 Å². The second kappa shape index (κ2) is 6.06. The second-order valence-electron chi connectivity index (χ2n) is 5.42. The molecule has 0 bridgehead atoms. The number of hydrogen-bond donors (Lipinski definition) is 1. The van der Waals surface area contributed by atoms with Crippen LogP contribution in [0.3, 0.4) is 0 Å². The number of nitrogens with one attached hydrogen (secondary N) is 1. The molecule has 0 atom stereocenters. The summed E-state index contributed by atoms with van der Waals surface area (Å²) in [6, 6.07) is 11.6. The molecule has 0 radical (unpaired) electrons. The molecule has 2 aromatic rings. The normalized spacial score (nSPS) is 16.5. The Morgan fingerprint density at radius 2 is 1.59 bits per heavy atom. The van der Waals surface area contributed by atoms with Crippen LogP contribution >= 0.6 is 0 Å². The molecule has 0 unspecified atom stereocenters. The first kappa shape index (κ1) is 15.0. The van der Waals surface area contributed by atoms with Crippen molar-refractivity contribution in [3.8, 4) is 11.3 Å². The lowest BCUT2D eigenvalue weighted by Crippen LogP contribution is -2.35. The molecule has 1 aromatic carbocycles. The SMILES string of the molecule is O=c1cccc(-c2ccc(S(=O)(=O)N3CCCCC3)cc2)[nH]1. The largest absolute Gasteiger partial charge is 0.322 e. The second-order valence-corrected chi connectivity index (χ2v) is 7.36. The Morgan fingerprint density at radius 1 is 0.909 bits per heavy atom. The average Bonchev–Trinajstić information content (AvgIpc) is 2.56. The lowest BCUT2D eigenvalue weighted by Gasteiger charge is -2.25. The number of pyridine rings is 1. The maximum Gasteiger partial charge on any atom is 0.248 e. The van der Waals surface area contributed by atoms with Gasteiger partial charge in [0.1, 0.15) is 0 Å². The van der Waals surface area contributed by atoms with Gasteiger partial charge in [0.05, 0.1) is 4.90 Å². The Bertz CT molecular complexity index is 804. The average molecular weight is 318 g/mol. The van der Waals surface area contributed by atoms with Gasteiger partial charge in [0.25, 0.3) is 0 Å². The van der Waals surface area contributed by atoms with Gasteiger partial charge in [-0.05, 0) is 36.6 Å². The number of rotatable bonds is 3. The summed E-state index contributed by atoms with van der Waals surface area (Å²) < 4.78 is 26.7.